The molecule has 1 aliphatic rings. The number of carbonyl (C=O) groups is 1. The van der Waals surface area contributed by atoms with Crippen molar-refractivity contribution in [2.24, 2.45) is 5.92 Å². The topological polar surface area (TPSA) is 72.3 Å². The van der Waals surface area contributed by atoms with Crippen LogP contribution in [-0.4, -0.2) is 34.3 Å². The highest BCUT2D eigenvalue weighted by Gasteiger charge is 2.20. The summed E-state index contributed by atoms with van der Waals surface area (Å²) in [5.41, 5.74) is 0.822. The first-order chi connectivity index (χ1) is 8.58. The van der Waals surface area contributed by atoms with Crippen LogP contribution in [0, 0.1) is 5.92 Å². The quantitative estimate of drug-likeness (QED) is 0.883. The molecule has 5 nitrogen and oxygen atoms in total. The zero-order chi connectivity index (χ0) is 13.1. The Morgan fingerprint density at radius 1 is 1.61 bits per heavy atom. The number of carboxylic acid groups (broad SMARTS) is 1. The Hall–Kier alpha value is -1.49. The molecule has 0 radical (unpaired) electrons. The molecule has 1 saturated heterocycles. The zero-order valence-corrected chi connectivity index (χ0v) is 10.7. The highest BCUT2D eigenvalue weighted by atomic mass is 16.5. The molecule has 1 aromatic heterocycles. The minimum atomic E-state index is -0.963. The van der Waals surface area contributed by atoms with Gasteiger partial charge >= 0.3 is 5.97 Å². The zero-order valence-electron chi connectivity index (χ0n) is 10.7. The number of aromatic carboxylic acids is 1. The number of hydrogen-bond donors (Lipinski definition) is 1. The first-order valence-corrected chi connectivity index (χ1v) is 6.24. The van der Waals surface area contributed by atoms with Gasteiger partial charge in [0, 0.05) is 25.8 Å². The van der Waals surface area contributed by atoms with E-state index in [1.807, 2.05) is 13.8 Å². The molecule has 0 aromatic carbocycles. The van der Waals surface area contributed by atoms with Crippen LogP contribution in [0.3, 0.4) is 0 Å². The lowest BCUT2D eigenvalue weighted by molar-refractivity contribution is 0.0694. The second-order valence-electron chi connectivity index (χ2n) is 4.98. The highest BCUT2D eigenvalue weighted by molar-refractivity contribution is 5.88. The predicted octanol–water partition coefficient (Wildman–Crippen LogP) is 1.88. The molecule has 1 aliphatic heterocycles. The minimum Gasteiger partial charge on any atom is -0.478 e. The summed E-state index contributed by atoms with van der Waals surface area (Å²) in [6, 6.07) is 0. The Morgan fingerprint density at radius 3 is 2.94 bits per heavy atom. The summed E-state index contributed by atoms with van der Waals surface area (Å²) < 4.78 is 5.32. The molecule has 18 heavy (non-hydrogen) atoms. The summed E-state index contributed by atoms with van der Waals surface area (Å²) >= 11 is 0. The van der Waals surface area contributed by atoms with E-state index in [4.69, 9.17) is 9.84 Å². The van der Waals surface area contributed by atoms with Crippen LogP contribution in [-0.2, 0) is 11.2 Å². The Kier molecular flexibility index (Phi) is 3.91. The molecule has 5 heteroatoms. The Bertz CT molecular complexity index is 440. The lowest BCUT2D eigenvalue weighted by Crippen LogP contribution is -2.13. The van der Waals surface area contributed by atoms with E-state index >= 15 is 0 Å². The fraction of sp³-hybridized carbons (Fsp3) is 0.615. The van der Waals surface area contributed by atoms with Crippen molar-refractivity contribution >= 4 is 5.97 Å². The minimum absolute atomic E-state index is 0.0812. The Balaban J connectivity index is 2.22. The average molecular weight is 250 g/mol. The van der Waals surface area contributed by atoms with Crippen molar-refractivity contribution in [2.75, 3.05) is 13.2 Å². The van der Waals surface area contributed by atoms with Crippen molar-refractivity contribution in [1.82, 2.24) is 9.97 Å². The number of rotatable bonds is 4. The Morgan fingerprint density at radius 2 is 2.39 bits per heavy atom. The Labute approximate surface area is 106 Å². The fourth-order valence-corrected chi connectivity index (χ4v) is 2.14. The summed E-state index contributed by atoms with van der Waals surface area (Å²) in [7, 11) is 0. The van der Waals surface area contributed by atoms with Crippen LogP contribution in [0.1, 0.15) is 48.1 Å². The van der Waals surface area contributed by atoms with Crippen LogP contribution >= 0.6 is 0 Å². The molecular weight excluding hydrogens is 232 g/mol. The van der Waals surface area contributed by atoms with E-state index in [2.05, 4.69) is 9.97 Å². The molecule has 0 spiro atoms. The van der Waals surface area contributed by atoms with Crippen LogP contribution < -0.4 is 0 Å². The van der Waals surface area contributed by atoms with Crippen molar-refractivity contribution in [3.05, 3.63) is 23.3 Å². The lowest BCUT2D eigenvalue weighted by atomic mass is 10.0. The van der Waals surface area contributed by atoms with Crippen molar-refractivity contribution in [3.63, 3.8) is 0 Å². The van der Waals surface area contributed by atoms with Gasteiger partial charge in [0.25, 0.3) is 0 Å². The number of nitrogens with zero attached hydrogens (tertiary/aromatic N) is 2. The van der Waals surface area contributed by atoms with Crippen molar-refractivity contribution in [1.29, 1.82) is 0 Å². The molecular formula is C13H18N2O3. The maximum Gasteiger partial charge on any atom is 0.339 e. The second kappa shape index (κ2) is 5.44. The third-order valence-corrected chi connectivity index (χ3v) is 3.14. The van der Waals surface area contributed by atoms with Gasteiger partial charge in [0.1, 0.15) is 5.82 Å². The number of aromatic nitrogens is 2. The standard InChI is InChI=1S/C13H18N2O3/c1-8(2)12-10(13(16)17)6-14-11(15-12)5-9-3-4-18-7-9/h6,8-9H,3-5,7H2,1-2H3,(H,16,17). The summed E-state index contributed by atoms with van der Waals surface area (Å²) in [6.07, 6.45) is 3.22. The van der Waals surface area contributed by atoms with Crippen LogP contribution in [0.2, 0.25) is 0 Å². The second-order valence-corrected chi connectivity index (χ2v) is 4.98. The number of hydrogen-bond acceptors (Lipinski definition) is 4. The lowest BCUT2D eigenvalue weighted by Gasteiger charge is -2.11. The average Bonchev–Trinajstić information content (AvgIpc) is 2.81. The third kappa shape index (κ3) is 2.85. The smallest absolute Gasteiger partial charge is 0.339 e. The van der Waals surface area contributed by atoms with Gasteiger partial charge in [-0.25, -0.2) is 14.8 Å². The van der Waals surface area contributed by atoms with E-state index in [0.29, 0.717) is 11.6 Å². The van der Waals surface area contributed by atoms with Crippen LogP contribution in [0.4, 0.5) is 0 Å². The van der Waals surface area contributed by atoms with E-state index in [0.717, 1.165) is 31.9 Å². The van der Waals surface area contributed by atoms with Crippen molar-refractivity contribution in [2.45, 2.75) is 32.6 Å². The van der Waals surface area contributed by atoms with Gasteiger partial charge in [0.15, 0.2) is 0 Å². The first-order valence-electron chi connectivity index (χ1n) is 6.24. The summed E-state index contributed by atoms with van der Waals surface area (Å²) in [6.45, 7) is 5.43. The van der Waals surface area contributed by atoms with Gasteiger partial charge in [0.05, 0.1) is 11.3 Å². The molecule has 1 fully saturated rings. The SMILES string of the molecule is CC(C)c1nc(CC2CCOC2)ncc1C(=O)O. The van der Waals surface area contributed by atoms with Gasteiger partial charge in [-0.15, -0.1) is 0 Å². The maximum atomic E-state index is 11.1. The van der Waals surface area contributed by atoms with Gasteiger partial charge in [-0.2, -0.15) is 0 Å². The third-order valence-electron chi connectivity index (χ3n) is 3.14. The summed E-state index contributed by atoms with van der Waals surface area (Å²) in [5, 5.41) is 9.09. The van der Waals surface area contributed by atoms with E-state index in [1.54, 1.807) is 0 Å². The molecule has 1 N–H and O–H groups in total. The molecule has 1 unspecified atom stereocenters. The molecule has 1 atom stereocenters. The van der Waals surface area contributed by atoms with Crippen molar-refractivity contribution in [3.8, 4) is 0 Å². The van der Waals surface area contributed by atoms with E-state index in [-0.39, 0.29) is 11.5 Å². The molecule has 2 rings (SSSR count). The molecule has 2 heterocycles. The number of ether oxygens (including phenoxy) is 1. The van der Waals surface area contributed by atoms with Gasteiger partial charge in [-0.3, -0.25) is 0 Å². The summed E-state index contributed by atoms with van der Waals surface area (Å²) in [5.74, 6) is 0.298. The molecule has 98 valence electrons. The van der Waals surface area contributed by atoms with E-state index in [1.165, 1.54) is 6.20 Å². The molecule has 0 aliphatic carbocycles. The highest BCUT2D eigenvalue weighted by Crippen LogP contribution is 2.20. The van der Waals surface area contributed by atoms with Crippen molar-refractivity contribution < 1.29 is 14.6 Å². The monoisotopic (exact) mass is 250 g/mol. The number of carboxylic acids is 1. The first kappa shape index (κ1) is 13.0. The van der Waals surface area contributed by atoms with Crippen LogP contribution in [0.5, 0.6) is 0 Å². The van der Waals surface area contributed by atoms with Gasteiger partial charge in [0.2, 0.25) is 0 Å². The van der Waals surface area contributed by atoms with E-state index in [9.17, 15) is 4.79 Å². The van der Waals surface area contributed by atoms with E-state index < -0.39 is 5.97 Å². The van der Waals surface area contributed by atoms with Crippen LogP contribution in [0.15, 0.2) is 6.20 Å². The summed E-state index contributed by atoms with van der Waals surface area (Å²) in [4.78, 5) is 19.7. The predicted molar refractivity (Wildman–Crippen MR) is 65.7 cm³/mol. The fourth-order valence-electron chi connectivity index (χ4n) is 2.14. The largest absolute Gasteiger partial charge is 0.478 e. The van der Waals surface area contributed by atoms with Crippen LogP contribution in [0.25, 0.3) is 0 Å². The molecule has 1 aromatic rings. The van der Waals surface area contributed by atoms with Gasteiger partial charge in [-0.05, 0) is 18.3 Å². The van der Waals surface area contributed by atoms with Gasteiger partial charge in [-0.1, -0.05) is 13.8 Å². The normalized spacial score (nSPS) is 19.4. The molecule has 0 saturated carbocycles. The van der Waals surface area contributed by atoms with Gasteiger partial charge < -0.3 is 9.84 Å². The maximum absolute atomic E-state index is 11.1. The molecule has 0 amide bonds. The molecule has 0 bridgehead atoms.